The van der Waals surface area contributed by atoms with E-state index in [2.05, 4.69) is 0 Å². The monoisotopic (exact) mass is 375 g/mol. The summed E-state index contributed by atoms with van der Waals surface area (Å²) in [5.74, 6) is -0.267. The molecule has 150 valence electrons. The molecule has 0 spiro atoms. The maximum atomic E-state index is 12.7. The van der Waals surface area contributed by atoms with Gasteiger partial charge < -0.3 is 14.4 Å². The van der Waals surface area contributed by atoms with Gasteiger partial charge in [-0.3, -0.25) is 4.79 Å². The van der Waals surface area contributed by atoms with Crippen molar-refractivity contribution in [3.05, 3.63) is 47.5 Å². The number of amides is 1. The highest BCUT2D eigenvalue weighted by atomic mass is 16.6. The van der Waals surface area contributed by atoms with Crippen LogP contribution in [0.5, 0.6) is 0 Å². The highest BCUT2D eigenvalue weighted by Crippen LogP contribution is 2.15. The van der Waals surface area contributed by atoms with E-state index in [0.717, 1.165) is 11.1 Å². The topological polar surface area (TPSA) is 55.8 Å². The molecule has 0 saturated heterocycles. The number of hydrogen-bond donors (Lipinski definition) is 0. The molecular formula is C22H33NO4. The zero-order valence-electron chi connectivity index (χ0n) is 17.6. The number of carbonyl (C=O) groups excluding carboxylic acids is 2. The van der Waals surface area contributed by atoms with Crippen molar-refractivity contribution in [2.24, 2.45) is 0 Å². The standard InChI is InChI=1S/C22H33NO4/c1-15(2)13-20(24)21(27-22(25)23(16(3)4)17(5)6)18(7)26-14-19-11-9-8-10-12-19/h8-13,16-18,21H,14H2,1-7H3/t18-,21-/m0/s1. The van der Waals surface area contributed by atoms with Crippen LogP contribution in [0, 0.1) is 0 Å². The normalized spacial score (nSPS) is 13.2. The van der Waals surface area contributed by atoms with Crippen molar-refractivity contribution in [1.82, 2.24) is 4.90 Å². The number of allylic oxidation sites excluding steroid dienone is 1. The Morgan fingerprint density at radius 1 is 1.00 bits per heavy atom. The van der Waals surface area contributed by atoms with Gasteiger partial charge in [0.05, 0.1) is 12.7 Å². The molecule has 0 aliphatic carbocycles. The Kier molecular flexibility index (Phi) is 9.22. The van der Waals surface area contributed by atoms with Crippen molar-refractivity contribution in [3.8, 4) is 0 Å². The van der Waals surface area contributed by atoms with E-state index in [1.54, 1.807) is 11.8 Å². The van der Waals surface area contributed by atoms with Crippen LogP contribution in [0.15, 0.2) is 42.0 Å². The van der Waals surface area contributed by atoms with Crippen molar-refractivity contribution >= 4 is 11.9 Å². The van der Waals surface area contributed by atoms with Gasteiger partial charge in [0.15, 0.2) is 11.9 Å². The lowest BCUT2D eigenvalue weighted by Crippen LogP contribution is -2.47. The van der Waals surface area contributed by atoms with E-state index in [4.69, 9.17) is 9.47 Å². The Morgan fingerprint density at radius 2 is 1.56 bits per heavy atom. The predicted octanol–water partition coefficient (Wildman–Crippen LogP) is 4.75. The second-order valence-electron chi connectivity index (χ2n) is 7.52. The molecular weight excluding hydrogens is 342 g/mol. The first-order valence-corrected chi connectivity index (χ1v) is 9.46. The molecule has 0 aromatic heterocycles. The summed E-state index contributed by atoms with van der Waals surface area (Å²) in [4.78, 5) is 27.0. The van der Waals surface area contributed by atoms with E-state index in [1.807, 2.05) is 71.9 Å². The number of ketones is 1. The van der Waals surface area contributed by atoms with E-state index in [1.165, 1.54) is 6.08 Å². The first kappa shape index (κ1) is 22.9. The van der Waals surface area contributed by atoms with Crippen LogP contribution in [0.1, 0.15) is 54.0 Å². The van der Waals surface area contributed by atoms with Crippen LogP contribution < -0.4 is 0 Å². The lowest BCUT2D eigenvalue weighted by Gasteiger charge is -2.32. The molecule has 27 heavy (non-hydrogen) atoms. The molecule has 0 bridgehead atoms. The van der Waals surface area contributed by atoms with E-state index >= 15 is 0 Å². The Hall–Kier alpha value is -2.14. The van der Waals surface area contributed by atoms with Crippen molar-refractivity contribution in [3.63, 3.8) is 0 Å². The van der Waals surface area contributed by atoms with Gasteiger partial charge in [-0.2, -0.15) is 0 Å². The SMILES string of the molecule is CC(C)=CC(=O)[C@@H](OC(=O)N(C(C)C)C(C)C)[C@H](C)OCc1ccccc1. The molecule has 0 N–H and O–H groups in total. The van der Waals surface area contributed by atoms with E-state index in [-0.39, 0.29) is 17.9 Å². The minimum Gasteiger partial charge on any atom is -0.435 e. The van der Waals surface area contributed by atoms with Crippen molar-refractivity contribution in [2.75, 3.05) is 0 Å². The minimum atomic E-state index is -0.990. The van der Waals surface area contributed by atoms with Crippen LogP contribution in [0.25, 0.3) is 0 Å². The summed E-state index contributed by atoms with van der Waals surface area (Å²) >= 11 is 0. The first-order chi connectivity index (χ1) is 12.6. The second kappa shape index (κ2) is 10.9. The Bertz CT molecular complexity index is 625. The highest BCUT2D eigenvalue weighted by Gasteiger charge is 2.32. The summed E-state index contributed by atoms with van der Waals surface area (Å²) in [5, 5.41) is 0. The van der Waals surface area contributed by atoms with Crippen molar-refractivity contribution in [2.45, 2.75) is 79.4 Å². The predicted molar refractivity (Wildman–Crippen MR) is 108 cm³/mol. The Balaban J connectivity index is 2.93. The van der Waals surface area contributed by atoms with E-state index in [9.17, 15) is 9.59 Å². The molecule has 5 nitrogen and oxygen atoms in total. The van der Waals surface area contributed by atoms with Gasteiger partial charge in [0.2, 0.25) is 0 Å². The molecule has 0 unspecified atom stereocenters. The molecule has 0 radical (unpaired) electrons. The van der Waals surface area contributed by atoms with Crippen LogP contribution in [0.3, 0.4) is 0 Å². The number of benzene rings is 1. The maximum absolute atomic E-state index is 12.7. The molecule has 0 aliphatic heterocycles. The molecule has 1 rings (SSSR count). The summed E-state index contributed by atoms with van der Waals surface area (Å²) in [6.07, 6.45) is -0.569. The average molecular weight is 376 g/mol. The third kappa shape index (κ3) is 7.55. The van der Waals surface area contributed by atoms with Gasteiger partial charge in [0.25, 0.3) is 0 Å². The molecule has 0 heterocycles. The van der Waals surface area contributed by atoms with Gasteiger partial charge in [0, 0.05) is 12.1 Å². The van der Waals surface area contributed by atoms with Crippen molar-refractivity contribution in [1.29, 1.82) is 0 Å². The zero-order valence-corrected chi connectivity index (χ0v) is 17.6. The minimum absolute atomic E-state index is 0.0303. The maximum Gasteiger partial charge on any atom is 0.411 e. The third-order valence-electron chi connectivity index (χ3n) is 4.04. The molecule has 0 saturated carbocycles. The summed E-state index contributed by atoms with van der Waals surface area (Å²) in [5.41, 5.74) is 1.84. The van der Waals surface area contributed by atoms with Gasteiger partial charge in [-0.15, -0.1) is 0 Å². The van der Waals surface area contributed by atoms with Crippen LogP contribution in [-0.4, -0.2) is 41.1 Å². The van der Waals surface area contributed by atoms with Crippen LogP contribution in [-0.2, 0) is 20.9 Å². The molecule has 1 amide bonds. The van der Waals surface area contributed by atoms with Gasteiger partial charge in [0.1, 0.15) is 0 Å². The van der Waals surface area contributed by atoms with Crippen LogP contribution in [0.4, 0.5) is 4.79 Å². The van der Waals surface area contributed by atoms with E-state index < -0.39 is 18.3 Å². The molecule has 0 fully saturated rings. The van der Waals surface area contributed by atoms with Gasteiger partial charge >= 0.3 is 6.09 Å². The van der Waals surface area contributed by atoms with Crippen LogP contribution >= 0.6 is 0 Å². The van der Waals surface area contributed by atoms with Gasteiger partial charge in [-0.1, -0.05) is 35.9 Å². The van der Waals surface area contributed by atoms with Gasteiger partial charge in [-0.05, 0) is 60.1 Å². The lowest BCUT2D eigenvalue weighted by atomic mass is 10.1. The molecule has 2 atom stereocenters. The first-order valence-electron chi connectivity index (χ1n) is 9.46. The third-order valence-corrected chi connectivity index (χ3v) is 4.04. The number of hydrogen-bond acceptors (Lipinski definition) is 4. The Morgan fingerprint density at radius 3 is 2.04 bits per heavy atom. The molecule has 0 aliphatic rings. The number of ether oxygens (including phenoxy) is 2. The zero-order chi connectivity index (χ0) is 20.6. The molecule has 1 aromatic rings. The largest absolute Gasteiger partial charge is 0.435 e. The smallest absolute Gasteiger partial charge is 0.411 e. The molecule has 1 aromatic carbocycles. The lowest BCUT2D eigenvalue weighted by molar-refractivity contribution is -0.132. The number of carbonyl (C=O) groups is 2. The summed E-state index contributed by atoms with van der Waals surface area (Å²) < 4.78 is 11.5. The van der Waals surface area contributed by atoms with Crippen molar-refractivity contribution < 1.29 is 19.1 Å². The van der Waals surface area contributed by atoms with Gasteiger partial charge in [-0.25, -0.2) is 4.79 Å². The quantitative estimate of drug-likeness (QED) is 0.584. The second-order valence-corrected chi connectivity index (χ2v) is 7.52. The summed E-state index contributed by atoms with van der Waals surface area (Å²) in [6.45, 7) is 13.4. The fourth-order valence-electron chi connectivity index (χ4n) is 2.83. The highest BCUT2D eigenvalue weighted by molar-refractivity contribution is 5.95. The average Bonchev–Trinajstić information content (AvgIpc) is 2.57. The van der Waals surface area contributed by atoms with Crippen LogP contribution in [0.2, 0.25) is 0 Å². The fourth-order valence-corrected chi connectivity index (χ4v) is 2.83. The number of rotatable bonds is 9. The molecule has 5 heteroatoms. The fraction of sp³-hybridized carbons (Fsp3) is 0.545. The Labute approximate surface area is 163 Å². The van der Waals surface area contributed by atoms with E-state index in [0.29, 0.717) is 6.61 Å². The number of nitrogens with zero attached hydrogens (tertiary/aromatic N) is 1. The summed E-state index contributed by atoms with van der Waals surface area (Å²) in [7, 11) is 0. The summed E-state index contributed by atoms with van der Waals surface area (Å²) in [6, 6.07) is 9.63.